The van der Waals surface area contributed by atoms with Gasteiger partial charge in [0.1, 0.15) is 11.2 Å². The van der Waals surface area contributed by atoms with Gasteiger partial charge in [-0.2, -0.15) is 0 Å². The number of aromatic nitrogens is 2. The molecule has 164 valence electrons. The maximum atomic E-state index is 13.6. The minimum absolute atomic E-state index is 0.0281. The summed E-state index contributed by atoms with van der Waals surface area (Å²) < 4.78 is 6.39. The number of benzene rings is 1. The Labute approximate surface area is 181 Å². The van der Waals surface area contributed by atoms with E-state index in [1.807, 2.05) is 31.2 Å². The third-order valence-corrected chi connectivity index (χ3v) is 6.38. The van der Waals surface area contributed by atoms with Crippen LogP contribution in [0.2, 0.25) is 0 Å². The highest BCUT2D eigenvalue weighted by molar-refractivity contribution is 6.06. The van der Waals surface area contributed by atoms with Crippen LogP contribution in [-0.4, -0.2) is 50.9 Å². The number of methoxy groups -OCH3 is 1. The van der Waals surface area contributed by atoms with Crippen LogP contribution in [0.3, 0.4) is 0 Å². The largest absolute Gasteiger partial charge is 0.464 e. The van der Waals surface area contributed by atoms with Crippen LogP contribution >= 0.6 is 0 Å². The van der Waals surface area contributed by atoms with Crippen molar-refractivity contribution in [1.82, 2.24) is 19.8 Å². The lowest BCUT2D eigenvalue weighted by molar-refractivity contribution is -0.134. The summed E-state index contributed by atoms with van der Waals surface area (Å²) in [5, 5.41) is 3.15. The van der Waals surface area contributed by atoms with Gasteiger partial charge in [-0.15, -0.1) is 0 Å². The van der Waals surface area contributed by atoms with Gasteiger partial charge < -0.3 is 19.5 Å². The van der Waals surface area contributed by atoms with Gasteiger partial charge in [0, 0.05) is 12.6 Å². The van der Waals surface area contributed by atoms with Crippen LogP contribution in [-0.2, 0) is 22.6 Å². The van der Waals surface area contributed by atoms with Crippen LogP contribution in [0.5, 0.6) is 0 Å². The number of amides is 2. The molecule has 1 fully saturated rings. The summed E-state index contributed by atoms with van der Waals surface area (Å²) in [6.45, 7) is 4.24. The summed E-state index contributed by atoms with van der Waals surface area (Å²) in [4.78, 5) is 44.9. The molecule has 1 saturated carbocycles. The van der Waals surface area contributed by atoms with Gasteiger partial charge in [0.2, 0.25) is 5.91 Å². The van der Waals surface area contributed by atoms with Gasteiger partial charge in [0.25, 0.3) is 5.91 Å². The molecule has 1 aliphatic carbocycles. The highest BCUT2D eigenvalue weighted by Crippen LogP contribution is 2.31. The molecule has 0 saturated heterocycles. The minimum Gasteiger partial charge on any atom is -0.464 e. The standard InChI is InChI=1S/C23H28N4O4/c1-15-8-10-16(11-9-15)12-27-20(28)19-18(21(29)31-3)24-14-26(19)13-23(27,2)22(30)25-17-6-4-5-7-17/h8-11,14,17H,4-7,12-13H2,1-3H3,(H,25,30)/t23-/m1/s1. The number of aryl methyl sites for hydroxylation is 1. The molecule has 31 heavy (non-hydrogen) atoms. The Morgan fingerprint density at radius 2 is 1.90 bits per heavy atom. The van der Waals surface area contributed by atoms with Gasteiger partial charge in [-0.3, -0.25) is 9.59 Å². The van der Waals surface area contributed by atoms with E-state index >= 15 is 0 Å². The van der Waals surface area contributed by atoms with Crippen LogP contribution < -0.4 is 5.32 Å². The van der Waals surface area contributed by atoms with Crippen LogP contribution in [0.4, 0.5) is 0 Å². The molecule has 1 aliphatic heterocycles. The number of fused-ring (bicyclic) bond motifs is 1. The Hall–Kier alpha value is -3.16. The zero-order chi connectivity index (χ0) is 22.2. The molecule has 8 heteroatoms. The van der Waals surface area contributed by atoms with Crippen molar-refractivity contribution in [3.8, 4) is 0 Å². The number of nitrogens with one attached hydrogen (secondary N) is 1. The highest BCUT2D eigenvalue weighted by atomic mass is 16.5. The number of rotatable bonds is 5. The van der Waals surface area contributed by atoms with Crippen molar-refractivity contribution in [2.24, 2.45) is 0 Å². The van der Waals surface area contributed by atoms with Gasteiger partial charge in [-0.05, 0) is 32.3 Å². The zero-order valence-electron chi connectivity index (χ0n) is 18.2. The quantitative estimate of drug-likeness (QED) is 0.744. The molecule has 1 aromatic heterocycles. The first kappa shape index (κ1) is 21.1. The number of carbonyl (C=O) groups excluding carboxylic acids is 3. The monoisotopic (exact) mass is 424 g/mol. The average Bonchev–Trinajstić information content (AvgIpc) is 3.41. The van der Waals surface area contributed by atoms with Crippen molar-refractivity contribution in [2.45, 2.75) is 64.2 Å². The van der Waals surface area contributed by atoms with E-state index in [1.165, 1.54) is 13.4 Å². The average molecular weight is 425 g/mol. The van der Waals surface area contributed by atoms with Crippen LogP contribution in [0.15, 0.2) is 30.6 Å². The summed E-state index contributed by atoms with van der Waals surface area (Å²) in [5.74, 6) is -1.26. The summed E-state index contributed by atoms with van der Waals surface area (Å²) >= 11 is 0. The number of nitrogens with zero attached hydrogens (tertiary/aromatic N) is 3. The lowest BCUT2D eigenvalue weighted by atomic mass is 9.93. The predicted molar refractivity (Wildman–Crippen MR) is 113 cm³/mol. The van der Waals surface area contributed by atoms with Crippen molar-refractivity contribution in [3.63, 3.8) is 0 Å². The molecule has 2 aromatic rings. The van der Waals surface area contributed by atoms with E-state index in [-0.39, 0.29) is 36.4 Å². The second-order valence-corrected chi connectivity index (χ2v) is 8.67. The number of ether oxygens (including phenoxy) is 1. The SMILES string of the molecule is COC(=O)c1ncn2c1C(=O)N(Cc1ccc(C)cc1)[C@@](C)(C(=O)NC1CCCC1)C2. The molecule has 1 aromatic carbocycles. The molecule has 2 amide bonds. The molecule has 0 spiro atoms. The third-order valence-electron chi connectivity index (χ3n) is 6.38. The molecule has 2 aliphatic rings. The van der Waals surface area contributed by atoms with Crippen LogP contribution in [0.25, 0.3) is 0 Å². The lowest BCUT2D eigenvalue weighted by Crippen LogP contribution is -2.64. The number of carbonyl (C=O) groups is 3. The van der Waals surface area contributed by atoms with Crippen molar-refractivity contribution in [3.05, 3.63) is 53.1 Å². The molecule has 0 unspecified atom stereocenters. The molecule has 8 nitrogen and oxygen atoms in total. The molecule has 0 bridgehead atoms. The first-order chi connectivity index (χ1) is 14.8. The Morgan fingerprint density at radius 3 is 2.55 bits per heavy atom. The summed E-state index contributed by atoms with van der Waals surface area (Å²) in [6, 6.07) is 7.99. The molecule has 4 rings (SSSR count). The fourth-order valence-corrected chi connectivity index (χ4v) is 4.47. The topological polar surface area (TPSA) is 93.5 Å². The number of esters is 1. The summed E-state index contributed by atoms with van der Waals surface area (Å²) in [7, 11) is 1.25. The van der Waals surface area contributed by atoms with Crippen molar-refractivity contribution < 1.29 is 19.1 Å². The van der Waals surface area contributed by atoms with E-state index in [4.69, 9.17) is 4.74 Å². The fourth-order valence-electron chi connectivity index (χ4n) is 4.47. The fraction of sp³-hybridized carbons (Fsp3) is 0.478. The Morgan fingerprint density at radius 1 is 1.23 bits per heavy atom. The Kier molecular flexibility index (Phi) is 5.56. The maximum Gasteiger partial charge on any atom is 0.359 e. The first-order valence-corrected chi connectivity index (χ1v) is 10.7. The van der Waals surface area contributed by atoms with Gasteiger partial charge in [-0.1, -0.05) is 42.7 Å². The van der Waals surface area contributed by atoms with E-state index in [0.717, 1.165) is 36.8 Å². The van der Waals surface area contributed by atoms with Crippen molar-refractivity contribution in [1.29, 1.82) is 0 Å². The van der Waals surface area contributed by atoms with Crippen LogP contribution in [0, 0.1) is 6.92 Å². The van der Waals surface area contributed by atoms with Gasteiger partial charge in [0.15, 0.2) is 5.69 Å². The van der Waals surface area contributed by atoms with Crippen molar-refractivity contribution in [2.75, 3.05) is 7.11 Å². The predicted octanol–water partition coefficient (Wildman–Crippen LogP) is 2.45. The van der Waals surface area contributed by atoms with Crippen molar-refractivity contribution >= 4 is 17.8 Å². The maximum absolute atomic E-state index is 13.6. The second kappa shape index (κ2) is 8.17. The number of hydrogen-bond donors (Lipinski definition) is 1. The Bertz CT molecular complexity index is 1010. The Balaban J connectivity index is 1.72. The molecule has 2 heterocycles. The molecule has 0 radical (unpaired) electrons. The molecular formula is C23H28N4O4. The van der Waals surface area contributed by atoms with E-state index in [0.29, 0.717) is 0 Å². The number of imidazole rings is 1. The van der Waals surface area contributed by atoms with Crippen LogP contribution in [0.1, 0.15) is 64.7 Å². The van der Waals surface area contributed by atoms with E-state index in [2.05, 4.69) is 10.3 Å². The van der Waals surface area contributed by atoms with E-state index in [1.54, 1.807) is 16.4 Å². The second-order valence-electron chi connectivity index (χ2n) is 8.67. The van der Waals surface area contributed by atoms with Gasteiger partial charge >= 0.3 is 5.97 Å². The lowest BCUT2D eigenvalue weighted by Gasteiger charge is -2.44. The zero-order valence-corrected chi connectivity index (χ0v) is 18.2. The summed E-state index contributed by atoms with van der Waals surface area (Å²) in [6.07, 6.45) is 5.54. The first-order valence-electron chi connectivity index (χ1n) is 10.7. The minimum atomic E-state index is -1.12. The summed E-state index contributed by atoms with van der Waals surface area (Å²) in [5.41, 5.74) is 1.03. The molecule has 1 atom stereocenters. The highest BCUT2D eigenvalue weighted by Gasteiger charge is 2.49. The normalized spacial score (nSPS) is 21.1. The number of hydrogen-bond acceptors (Lipinski definition) is 5. The molecule has 1 N–H and O–H groups in total. The van der Waals surface area contributed by atoms with E-state index in [9.17, 15) is 14.4 Å². The van der Waals surface area contributed by atoms with E-state index < -0.39 is 17.4 Å². The smallest absolute Gasteiger partial charge is 0.359 e. The van der Waals surface area contributed by atoms with Gasteiger partial charge in [0.05, 0.1) is 20.0 Å². The third kappa shape index (κ3) is 3.82. The molecular weight excluding hydrogens is 396 g/mol. The van der Waals surface area contributed by atoms with Gasteiger partial charge in [-0.25, -0.2) is 9.78 Å².